The smallest absolute Gasteiger partial charge is 0.0777 e. The average Bonchev–Trinajstić information content (AvgIpc) is 1.65. The van der Waals surface area contributed by atoms with E-state index in [4.69, 9.17) is 6.42 Å². The second kappa shape index (κ2) is 9.88. The summed E-state index contributed by atoms with van der Waals surface area (Å²) in [5.41, 5.74) is 0. The van der Waals surface area contributed by atoms with Crippen molar-refractivity contribution >= 4 is 10.4 Å². The molecule has 1 nitrogen and oxygen atoms in total. The van der Waals surface area contributed by atoms with Crippen molar-refractivity contribution in [2.75, 3.05) is 14.1 Å². The van der Waals surface area contributed by atoms with Crippen molar-refractivity contribution in [2.45, 2.75) is 13.3 Å². The molecule has 0 aromatic carbocycles. The van der Waals surface area contributed by atoms with Crippen molar-refractivity contribution in [1.29, 1.82) is 0 Å². The van der Waals surface area contributed by atoms with Crippen LogP contribution in [0.3, 0.4) is 0 Å². The van der Waals surface area contributed by atoms with E-state index < -0.39 is 0 Å². The van der Waals surface area contributed by atoms with E-state index in [1.807, 2.05) is 6.92 Å². The summed E-state index contributed by atoms with van der Waals surface area (Å²) in [6.45, 7) is 1.94. The van der Waals surface area contributed by atoms with Crippen LogP contribution in [0.1, 0.15) is 13.3 Å². The van der Waals surface area contributed by atoms with Crippen molar-refractivity contribution in [3.8, 4) is 12.3 Å². The summed E-state index contributed by atoms with van der Waals surface area (Å²) in [4.78, 5) is 0. The summed E-state index contributed by atoms with van der Waals surface area (Å²) in [7, 11) is 5.31. The second-order valence-electron chi connectivity index (χ2n) is 1.90. The SMILES string of the molecule is C#CCC.CN(C)[SiH3]. The molecule has 0 radical (unpaired) electrons. The summed E-state index contributed by atoms with van der Waals surface area (Å²) in [6, 6.07) is 0. The predicted molar refractivity (Wildman–Crippen MR) is 42.8 cm³/mol. The van der Waals surface area contributed by atoms with Crippen molar-refractivity contribution in [3.63, 3.8) is 0 Å². The Morgan fingerprint density at radius 1 is 1.62 bits per heavy atom. The maximum atomic E-state index is 4.78. The molecule has 2 heteroatoms. The zero-order valence-corrected chi connectivity index (χ0v) is 8.23. The molecular formula is C6H15NSi. The summed E-state index contributed by atoms with van der Waals surface area (Å²) >= 11 is 0. The molecule has 48 valence electrons. The van der Waals surface area contributed by atoms with Crippen LogP contribution in [0.15, 0.2) is 0 Å². The van der Waals surface area contributed by atoms with E-state index in [1.165, 1.54) is 10.4 Å². The molecular weight excluding hydrogens is 114 g/mol. The molecule has 0 aromatic heterocycles. The van der Waals surface area contributed by atoms with Crippen LogP contribution in [0.2, 0.25) is 0 Å². The van der Waals surface area contributed by atoms with Crippen LogP contribution in [0.5, 0.6) is 0 Å². The molecule has 0 aliphatic carbocycles. The van der Waals surface area contributed by atoms with Gasteiger partial charge in [0.25, 0.3) is 0 Å². The summed E-state index contributed by atoms with van der Waals surface area (Å²) in [5, 5.41) is 0. The molecule has 0 saturated carbocycles. The van der Waals surface area contributed by atoms with Crippen LogP contribution in [-0.2, 0) is 0 Å². The Balaban J connectivity index is 0. The third kappa shape index (κ3) is 237. The zero-order valence-electron chi connectivity index (χ0n) is 6.23. The molecule has 0 heterocycles. The minimum atomic E-state index is 0.847. The number of hydrogen-bond donors (Lipinski definition) is 0. The van der Waals surface area contributed by atoms with E-state index >= 15 is 0 Å². The van der Waals surface area contributed by atoms with Crippen LogP contribution in [0.25, 0.3) is 0 Å². The summed E-state index contributed by atoms with van der Waals surface area (Å²) in [5.74, 6) is 2.43. The lowest BCUT2D eigenvalue weighted by Crippen LogP contribution is -2.02. The minimum Gasteiger partial charge on any atom is -0.337 e. The molecule has 0 aliphatic heterocycles. The molecule has 0 aromatic rings. The molecule has 0 N–H and O–H groups in total. The molecule has 0 amide bonds. The molecule has 0 aliphatic rings. The first-order valence-electron chi connectivity index (χ1n) is 2.69. The third-order valence-electron chi connectivity index (χ3n) is 0.204. The standard InChI is InChI=1S/C4H6.C2H9NSi/c1-3-4-2;1-3(2)4/h1H,4H2,2H3;1-2,4H3. The van der Waals surface area contributed by atoms with E-state index in [1.54, 1.807) is 0 Å². The van der Waals surface area contributed by atoms with E-state index in [0.717, 1.165) is 6.42 Å². The number of terminal acetylenes is 1. The summed E-state index contributed by atoms with van der Waals surface area (Å²) in [6.07, 6.45) is 5.62. The summed E-state index contributed by atoms with van der Waals surface area (Å²) < 4.78 is 2.14. The Labute approximate surface area is 55.6 Å². The third-order valence-corrected chi connectivity index (χ3v) is 0.204. The van der Waals surface area contributed by atoms with Gasteiger partial charge in [0, 0.05) is 6.42 Å². The molecule has 0 atom stereocenters. The molecule has 0 rings (SSSR count). The fourth-order valence-electron chi connectivity index (χ4n) is 0. The van der Waals surface area contributed by atoms with Crippen LogP contribution < -0.4 is 0 Å². The second-order valence-corrected chi connectivity index (χ2v) is 3.69. The maximum absolute atomic E-state index is 4.78. The fourth-order valence-corrected chi connectivity index (χ4v) is 0. The predicted octanol–water partition coefficient (Wildman–Crippen LogP) is -0.142. The van der Waals surface area contributed by atoms with Crippen molar-refractivity contribution in [1.82, 2.24) is 4.57 Å². The van der Waals surface area contributed by atoms with Gasteiger partial charge in [-0.25, -0.2) is 0 Å². The van der Waals surface area contributed by atoms with E-state index in [0.29, 0.717) is 0 Å². The average molecular weight is 129 g/mol. The van der Waals surface area contributed by atoms with Crippen molar-refractivity contribution < 1.29 is 0 Å². The van der Waals surface area contributed by atoms with Crippen molar-refractivity contribution in [2.24, 2.45) is 0 Å². The lowest BCUT2D eigenvalue weighted by atomic mass is 10.5. The number of hydrogen-bond acceptors (Lipinski definition) is 1. The largest absolute Gasteiger partial charge is 0.337 e. The van der Waals surface area contributed by atoms with Gasteiger partial charge in [-0.05, 0) is 14.1 Å². The van der Waals surface area contributed by atoms with Crippen LogP contribution in [0, 0.1) is 12.3 Å². The quantitative estimate of drug-likeness (QED) is 0.325. The molecule has 0 fully saturated rings. The minimum absolute atomic E-state index is 0.847. The number of rotatable bonds is 0. The van der Waals surface area contributed by atoms with Gasteiger partial charge in [0.1, 0.15) is 0 Å². The Bertz CT molecular complexity index is 60.7. The van der Waals surface area contributed by atoms with Gasteiger partial charge >= 0.3 is 0 Å². The lowest BCUT2D eigenvalue weighted by Gasteiger charge is -1.90. The topological polar surface area (TPSA) is 3.24 Å². The first-order chi connectivity index (χ1) is 3.65. The zero-order chi connectivity index (χ0) is 6.99. The highest BCUT2D eigenvalue weighted by Gasteiger charge is 1.58. The molecule has 0 unspecified atom stereocenters. The van der Waals surface area contributed by atoms with Gasteiger partial charge in [0.05, 0.1) is 10.4 Å². The Hall–Kier alpha value is -0.263. The van der Waals surface area contributed by atoms with Gasteiger partial charge in [-0.1, -0.05) is 6.92 Å². The Kier molecular flexibility index (Phi) is 13.2. The van der Waals surface area contributed by atoms with Crippen molar-refractivity contribution in [3.05, 3.63) is 0 Å². The molecule has 0 saturated heterocycles. The molecule has 0 spiro atoms. The van der Waals surface area contributed by atoms with E-state index in [2.05, 4.69) is 24.6 Å². The van der Waals surface area contributed by atoms with Gasteiger partial charge in [-0.3, -0.25) is 0 Å². The fraction of sp³-hybridized carbons (Fsp3) is 0.667. The highest BCUT2D eigenvalue weighted by Crippen LogP contribution is 1.58. The molecule has 0 bridgehead atoms. The van der Waals surface area contributed by atoms with Gasteiger partial charge < -0.3 is 4.57 Å². The van der Waals surface area contributed by atoms with Crippen LogP contribution >= 0.6 is 0 Å². The van der Waals surface area contributed by atoms with Crippen LogP contribution in [0.4, 0.5) is 0 Å². The Morgan fingerprint density at radius 2 is 1.75 bits per heavy atom. The Morgan fingerprint density at radius 3 is 1.75 bits per heavy atom. The van der Waals surface area contributed by atoms with Gasteiger partial charge in [-0.15, -0.1) is 12.3 Å². The van der Waals surface area contributed by atoms with Gasteiger partial charge in [0.2, 0.25) is 0 Å². The highest BCUT2D eigenvalue weighted by atomic mass is 28.2. The van der Waals surface area contributed by atoms with E-state index in [9.17, 15) is 0 Å². The maximum Gasteiger partial charge on any atom is 0.0777 e. The monoisotopic (exact) mass is 129 g/mol. The highest BCUT2D eigenvalue weighted by molar-refractivity contribution is 6.03. The lowest BCUT2D eigenvalue weighted by molar-refractivity contribution is 0.679. The van der Waals surface area contributed by atoms with Crippen LogP contribution in [-0.4, -0.2) is 29.1 Å². The van der Waals surface area contributed by atoms with E-state index in [-0.39, 0.29) is 0 Å². The van der Waals surface area contributed by atoms with Gasteiger partial charge in [0.15, 0.2) is 0 Å². The first-order valence-corrected chi connectivity index (χ1v) is 3.59. The normalized spacial score (nSPS) is 7.38. The molecule has 8 heavy (non-hydrogen) atoms. The van der Waals surface area contributed by atoms with Gasteiger partial charge in [-0.2, -0.15) is 0 Å². The first kappa shape index (κ1) is 10.7. The number of nitrogens with zero attached hydrogens (tertiary/aromatic N) is 1.